The van der Waals surface area contributed by atoms with Crippen molar-refractivity contribution in [3.05, 3.63) is 29.3 Å². The van der Waals surface area contributed by atoms with Crippen LogP contribution in [0, 0.1) is 19.8 Å². The number of carbonyl (C=O) groups is 1. The van der Waals surface area contributed by atoms with Gasteiger partial charge in [0.2, 0.25) is 5.91 Å². The molecule has 23 heavy (non-hydrogen) atoms. The number of anilines is 1. The molecule has 0 atom stereocenters. The van der Waals surface area contributed by atoms with Crippen molar-refractivity contribution in [2.24, 2.45) is 5.92 Å². The molecule has 1 aromatic rings. The summed E-state index contributed by atoms with van der Waals surface area (Å²) >= 11 is 0. The molecule has 126 valence electrons. The molecule has 0 unspecified atom stereocenters. The van der Waals surface area contributed by atoms with Gasteiger partial charge in [0.05, 0.1) is 0 Å². The molecule has 2 fully saturated rings. The first-order valence-corrected chi connectivity index (χ1v) is 8.95. The van der Waals surface area contributed by atoms with Gasteiger partial charge in [-0.15, -0.1) is 0 Å². The molecule has 0 spiro atoms. The van der Waals surface area contributed by atoms with Crippen LogP contribution < -0.4 is 10.2 Å². The van der Waals surface area contributed by atoms with Crippen LogP contribution in [0.25, 0.3) is 0 Å². The second-order valence-electron chi connectivity index (χ2n) is 6.98. The molecular weight excluding hydrogens is 286 g/mol. The molecule has 0 aliphatic carbocycles. The summed E-state index contributed by atoms with van der Waals surface area (Å²) in [6.07, 6.45) is 3.04. The molecule has 4 heteroatoms. The molecule has 3 rings (SSSR count). The van der Waals surface area contributed by atoms with Crippen LogP contribution in [-0.2, 0) is 4.79 Å². The highest BCUT2D eigenvalue weighted by atomic mass is 16.2. The van der Waals surface area contributed by atoms with Gasteiger partial charge >= 0.3 is 0 Å². The number of benzene rings is 1. The molecule has 1 amide bonds. The fraction of sp³-hybridized carbons (Fsp3) is 0.632. The van der Waals surface area contributed by atoms with E-state index in [0.717, 1.165) is 58.5 Å². The summed E-state index contributed by atoms with van der Waals surface area (Å²) in [7, 11) is 0. The van der Waals surface area contributed by atoms with Crippen LogP contribution in [0.3, 0.4) is 0 Å². The highest BCUT2D eigenvalue weighted by Crippen LogP contribution is 2.24. The Kier molecular flexibility index (Phi) is 5.21. The van der Waals surface area contributed by atoms with E-state index in [1.807, 2.05) is 0 Å². The fourth-order valence-electron chi connectivity index (χ4n) is 3.74. The van der Waals surface area contributed by atoms with Gasteiger partial charge in [0, 0.05) is 38.3 Å². The van der Waals surface area contributed by atoms with E-state index in [1.165, 1.54) is 16.8 Å². The normalized spacial score (nSPS) is 19.9. The van der Waals surface area contributed by atoms with Crippen molar-refractivity contribution in [3.8, 4) is 0 Å². The summed E-state index contributed by atoms with van der Waals surface area (Å²) in [6, 6.07) is 6.50. The highest BCUT2D eigenvalue weighted by molar-refractivity contribution is 5.77. The van der Waals surface area contributed by atoms with Gasteiger partial charge in [0.1, 0.15) is 0 Å². The molecule has 2 aliphatic rings. The highest BCUT2D eigenvalue weighted by Gasteiger charge is 2.25. The van der Waals surface area contributed by atoms with E-state index in [9.17, 15) is 4.79 Å². The van der Waals surface area contributed by atoms with Crippen molar-refractivity contribution in [2.75, 3.05) is 44.2 Å². The summed E-state index contributed by atoms with van der Waals surface area (Å²) in [5.41, 5.74) is 4.03. The average Bonchev–Trinajstić information content (AvgIpc) is 2.58. The summed E-state index contributed by atoms with van der Waals surface area (Å²) in [6.45, 7) is 10.1. The Morgan fingerprint density at radius 3 is 2.52 bits per heavy atom. The number of carbonyl (C=O) groups excluding carboxylic acids is 1. The number of hydrogen-bond donors (Lipinski definition) is 1. The van der Waals surface area contributed by atoms with Gasteiger partial charge in [-0.05, 0) is 62.9 Å². The number of hydrogen-bond acceptors (Lipinski definition) is 3. The largest absolute Gasteiger partial charge is 0.368 e. The van der Waals surface area contributed by atoms with Gasteiger partial charge in [0.15, 0.2) is 0 Å². The van der Waals surface area contributed by atoms with Crippen molar-refractivity contribution in [2.45, 2.75) is 33.1 Å². The second-order valence-corrected chi connectivity index (χ2v) is 6.98. The monoisotopic (exact) mass is 315 g/mol. The Hall–Kier alpha value is -1.55. The average molecular weight is 315 g/mol. The van der Waals surface area contributed by atoms with Gasteiger partial charge < -0.3 is 15.1 Å². The second kappa shape index (κ2) is 7.35. The van der Waals surface area contributed by atoms with Crippen molar-refractivity contribution in [1.29, 1.82) is 0 Å². The number of aryl methyl sites for hydroxylation is 1. The summed E-state index contributed by atoms with van der Waals surface area (Å²) in [4.78, 5) is 17.0. The lowest BCUT2D eigenvalue weighted by molar-refractivity contribution is -0.132. The van der Waals surface area contributed by atoms with E-state index in [4.69, 9.17) is 0 Å². The van der Waals surface area contributed by atoms with Crippen LogP contribution in [-0.4, -0.2) is 50.1 Å². The van der Waals surface area contributed by atoms with Crippen molar-refractivity contribution >= 4 is 11.6 Å². The Morgan fingerprint density at radius 2 is 1.83 bits per heavy atom. The zero-order valence-electron chi connectivity index (χ0n) is 14.5. The van der Waals surface area contributed by atoms with Crippen molar-refractivity contribution in [3.63, 3.8) is 0 Å². The molecule has 2 heterocycles. The minimum atomic E-state index is 0.359. The van der Waals surface area contributed by atoms with Crippen LogP contribution in [0.15, 0.2) is 18.2 Å². The molecule has 0 saturated carbocycles. The first kappa shape index (κ1) is 16.3. The Labute approximate surface area is 139 Å². The topological polar surface area (TPSA) is 35.6 Å². The van der Waals surface area contributed by atoms with Gasteiger partial charge in [-0.3, -0.25) is 4.79 Å². The van der Waals surface area contributed by atoms with E-state index >= 15 is 0 Å². The lowest BCUT2D eigenvalue weighted by Crippen LogP contribution is -2.49. The van der Waals surface area contributed by atoms with E-state index in [-0.39, 0.29) is 0 Å². The van der Waals surface area contributed by atoms with Crippen LogP contribution in [0.1, 0.15) is 30.4 Å². The van der Waals surface area contributed by atoms with Crippen LogP contribution in [0.4, 0.5) is 5.69 Å². The maximum absolute atomic E-state index is 12.5. The third-order valence-corrected chi connectivity index (χ3v) is 5.47. The zero-order chi connectivity index (χ0) is 16.2. The first-order valence-electron chi connectivity index (χ1n) is 8.95. The molecule has 0 aromatic heterocycles. The molecule has 0 bridgehead atoms. The molecule has 1 aromatic carbocycles. The molecular formula is C19H29N3O. The summed E-state index contributed by atoms with van der Waals surface area (Å²) in [5.74, 6) is 0.943. The number of piperidine rings is 1. The van der Waals surface area contributed by atoms with Crippen molar-refractivity contribution < 1.29 is 4.79 Å². The van der Waals surface area contributed by atoms with Gasteiger partial charge in [-0.2, -0.15) is 0 Å². The molecule has 1 N–H and O–H groups in total. The minimum Gasteiger partial charge on any atom is -0.368 e. The standard InChI is InChI=1S/C19H29N3O/c1-15-4-3-5-18(16(15)2)21-10-12-22(13-11-21)19(23)14-17-6-8-20-9-7-17/h3-5,17,20H,6-14H2,1-2H3. The fourth-order valence-corrected chi connectivity index (χ4v) is 3.74. The maximum atomic E-state index is 12.5. The zero-order valence-corrected chi connectivity index (χ0v) is 14.5. The molecule has 0 radical (unpaired) electrons. The predicted octanol–water partition coefficient (Wildman–Crippen LogP) is 2.34. The lowest BCUT2D eigenvalue weighted by Gasteiger charge is -2.37. The maximum Gasteiger partial charge on any atom is 0.222 e. The number of nitrogens with zero attached hydrogens (tertiary/aromatic N) is 2. The molecule has 4 nitrogen and oxygen atoms in total. The third kappa shape index (κ3) is 3.86. The molecule has 2 saturated heterocycles. The van der Waals surface area contributed by atoms with Crippen molar-refractivity contribution in [1.82, 2.24) is 10.2 Å². The Bertz CT molecular complexity index is 544. The van der Waals surface area contributed by atoms with Gasteiger partial charge in [-0.25, -0.2) is 0 Å². The van der Waals surface area contributed by atoms with Crippen LogP contribution >= 0.6 is 0 Å². The van der Waals surface area contributed by atoms with E-state index in [0.29, 0.717) is 11.8 Å². The summed E-state index contributed by atoms with van der Waals surface area (Å²) < 4.78 is 0. The Morgan fingerprint density at radius 1 is 1.13 bits per heavy atom. The van der Waals surface area contributed by atoms with Crippen LogP contribution in [0.5, 0.6) is 0 Å². The quantitative estimate of drug-likeness (QED) is 0.930. The first-order chi connectivity index (χ1) is 11.1. The van der Waals surface area contributed by atoms with E-state index < -0.39 is 0 Å². The number of piperazine rings is 1. The van der Waals surface area contributed by atoms with Gasteiger partial charge in [0.25, 0.3) is 0 Å². The van der Waals surface area contributed by atoms with Gasteiger partial charge in [-0.1, -0.05) is 12.1 Å². The lowest BCUT2D eigenvalue weighted by atomic mass is 9.94. The third-order valence-electron chi connectivity index (χ3n) is 5.47. The minimum absolute atomic E-state index is 0.359. The van der Waals surface area contributed by atoms with Crippen LogP contribution in [0.2, 0.25) is 0 Å². The summed E-state index contributed by atoms with van der Waals surface area (Å²) in [5, 5.41) is 3.37. The predicted molar refractivity (Wildman–Crippen MR) is 94.9 cm³/mol. The number of rotatable bonds is 3. The Balaban J connectivity index is 1.53. The number of amides is 1. The SMILES string of the molecule is Cc1cccc(N2CCN(C(=O)CC3CCNCC3)CC2)c1C. The van der Waals surface area contributed by atoms with E-state index in [1.54, 1.807) is 0 Å². The van der Waals surface area contributed by atoms with E-state index in [2.05, 4.69) is 47.2 Å². The smallest absolute Gasteiger partial charge is 0.222 e. The molecule has 2 aliphatic heterocycles. The number of nitrogens with one attached hydrogen (secondary N) is 1.